The molecule has 0 saturated heterocycles. The van der Waals surface area contributed by atoms with Crippen LogP contribution in [0.4, 0.5) is 5.69 Å². The summed E-state index contributed by atoms with van der Waals surface area (Å²) in [5.41, 5.74) is 2.32. The minimum atomic E-state index is -0.183. The molecule has 0 atom stereocenters. The molecule has 0 aliphatic rings. The van der Waals surface area contributed by atoms with Gasteiger partial charge in [-0.2, -0.15) is 0 Å². The third-order valence-corrected chi connectivity index (χ3v) is 5.55. The van der Waals surface area contributed by atoms with E-state index in [-0.39, 0.29) is 11.7 Å². The van der Waals surface area contributed by atoms with Crippen molar-refractivity contribution in [3.05, 3.63) is 52.8 Å². The summed E-state index contributed by atoms with van der Waals surface area (Å²) in [5, 5.41) is 12.4. The van der Waals surface area contributed by atoms with Gasteiger partial charge in [0.2, 0.25) is 5.91 Å². The molecule has 0 fully saturated rings. The Morgan fingerprint density at radius 2 is 1.86 bits per heavy atom. The molecule has 29 heavy (non-hydrogen) atoms. The summed E-state index contributed by atoms with van der Waals surface area (Å²) in [4.78, 5) is 12.5. The predicted molar refractivity (Wildman–Crippen MR) is 115 cm³/mol. The Kier molecular flexibility index (Phi) is 6.66. The van der Waals surface area contributed by atoms with Gasteiger partial charge in [-0.05, 0) is 49.7 Å². The maximum absolute atomic E-state index is 12.5. The number of benzene rings is 2. The van der Waals surface area contributed by atoms with Gasteiger partial charge < -0.3 is 14.8 Å². The van der Waals surface area contributed by atoms with Crippen molar-refractivity contribution in [2.75, 3.05) is 25.3 Å². The van der Waals surface area contributed by atoms with Gasteiger partial charge in [-0.25, -0.2) is 0 Å². The van der Waals surface area contributed by atoms with Gasteiger partial charge in [-0.15, -0.1) is 10.2 Å². The molecule has 0 radical (unpaired) electrons. The number of amides is 1. The molecule has 0 aliphatic carbocycles. The predicted octanol–water partition coefficient (Wildman–Crippen LogP) is 4.29. The van der Waals surface area contributed by atoms with Gasteiger partial charge in [0, 0.05) is 16.8 Å². The topological polar surface area (TPSA) is 78.3 Å². The van der Waals surface area contributed by atoms with Crippen LogP contribution in [0, 0.1) is 13.8 Å². The van der Waals surface area contributed by atoms with Gasteiger partial charge >= 0.3 is 0 Å². The lowest BCUT2D eigenvalue weighted by molar-refractivity contribution is -0.113. The van der Waals surface area contributed by atoms with Crippen LogP contribution in [-0.4, -0.2) is 40.6 Å². The third-order valence-electron chi connectivity index (χ3n) is 4.21. The van der Waals surface area contributed by atoms with Crippen molar-refractivity contribution in [3.63, 3.8) is 0 Å². The van der Waals surface area contributed by atoms with Gasteiger partial charge in [-0.3, -0.25) is 9.36 Å². The maximum atomic E-state index is 12.5. The fourth-order valence-electron chi connectivity index (χ4n) is 2.71. The highest BCUT2D eigenvalue weighted by molar-refractivity contribution is 7.99. The second-order valence-electron chi connectivity index (χ2n) is 6.20. The molecular formula is C20H21ClN4O3S. The van der Waals surface area contributed by atoms with Crippen molar-refractivity contribution in [2.45, 2.75) is 19.0 Å². The third kappa shape index (κ3) is 4.83. The SMILES string of the molecule is COc1ccc(-n2c(C)nnc2SCC(=O)Nc2cc(C)c(Cl)cc2OC)cc1. The van der Waals surface area contributed by atoms with E-state index >= 15 is 0 Å². The number of aryl methyl sites for hydroxylation is 2. The molecule has 0 aliphatic heterocycles. The monoisotopic (exact) mass is 432 g/mol. The Bertz CT molecular complexity index is 1020. The highest BCUT2D eigenvalue weighted by atomic mass is 35.5. The number of methoxy groups -OCH3 is 2. The largest absolute Gasteiger partial charge is 0.497 e. The van der Waals surface area contributed by atoms with Crippen molar-refractivity contribution in [2.24, 2.45) is 0 Å². The molecule has 0 spiro atoms. The average Bonchev–Trinajstić information content (AvgIpc) is 3.09. The lowest BCUT2D eigenvalue weighted by atomic mass is 10.2. The number of hydrogen-bond donors (Lipinski definition) is 1. The number of nitrogens with zero attached hydrogens (tertiary/aromatic N) is 3. The Labute approximate surface area is 178 Å². The highest BCUT2D eigenvalue weighted by Gasteiger charge is 2.15. The zero-order valence-electron chi connectivity index (χ0n) is 16.5. The Balaban J connectivity index is 1.72. The first-order valence-electron chi connectivity index (χ1n) is 8.76. The highest BCUT2D eigenvalue weighted by Crippen LogP contribution is 2.31. The number of carbonyl (C=O) groups is 1. The Morgan fingerprint density at radius 1 is 1.14 bits per heavy atom. The van der Waals surface area contributed by atoms with Gasteiger partial charge in [0.25, 0.3) is 0 Å². The standard InChI is InChI=1S/C20H21ClN4O3S/c1-12-9-17(18(28-4)10-16(12)21)22-19(26)11-29-20-24-23-13(2)25(20)14-5-7-15(27-3)8-6-14/h5-10H,11H2,1-4H3,(H,22,26). The normalized spacial score (nSPS) is 10.7. The van der Waals surface area contributed by atoms with Crippen molar-refractivity contribution >= 4 is 35.0 Å². The Hall–Kier alpha value is -2.71. The molecule has 3 aromatic rings. The fourth-order valence-corrected chi connectivity index (χ4v) is 3.66. The molecule has 0 unspecified atom stereocenters. The first-order chi connectivity index (χ1) is 13.9. The molecule has 0 bridgehead atoms. The van der Waals surface area contributed by atoms with E-state index in [0.717, 1.165) is 22.8 Å². The van der Waals surface area contributed by atoms with Crippen LogP contribution < -0.4 is 14.8 Å². The van der Waals surface area contributed by atoms with E-state index in [9.17, 15) is 4.79 Å². The molecule has 152 valence electrons. The number of aromatic nitrogens is 3. The number of hydrogen-bond acceptors (Lipinski definition) is 6. The van der Waals surface area contributed by atoms with Gasteiger partial charge in [-0.1, -0.05) is 23.4 Å². The van der Waals surface area contributed by atoms with E-state index in [1.165, 1.54) is 18.9 Å². The first-order valence-corrected chi connectivity index (χ1v) is 10.1. The van der Waals surface area contributed by atoms with E-state index in [4.69, 9.17) is 21.1 Å². The second-order valence-corrected chi connectivity index (χ2v) is 7.55. The molecule has 3 rings (SSSR count). The Morgan fingerprint density at radius 3 is 2.52 bits per heavy atom. The van der Waals surface area contributed by atoms with Crippen LogP contribution >= 0.6 is 23.4 Å². The lowest BCUT2D eigenvalue weighted by Gasteiger charge is -2.12. The van der Waals surface area contributed by atoms with Crippen molar-refractivity contribution < 1.29 is 14.3 Å². The number of carbonyl (C=O) groups excluding carboxylic acids is 1. The van der Waals surface area contributed by atoms with E-state index in [2.05, 4.69) is 15.5 Å². The first kappa shape index (κ1) is 21.0. The van der Waals surface area contributed by atoms with Crippen LogP contribution in [0.1, 0.15) is 11.4 Å². The van der Waals surface area contributed by atoms with E-state index < -0.39 is 0 Å². The van der Waals surface area contributed by atoms with E-state index in [0.29, 0.717) is 21.6 Å². The van der Waals surface area contributed by atoms with Gasteiger partial charge in [0.1, 0.15) is 17.3 Å². The van der Waals surface area contributed by atoms with Crippen LogP contribution in [0.25, 0.3) is 5.69 Å². The fraction of sp³-hybridized carbons (Fsp3) is 0.250. The maximum Gasteiger partial charge on any atom is 0.234 e. The molecule has 1 amide bonds. The molecule has 1 aromatic heterocycles. The van der Waals surface area contributed by atoms with Crippen LogP contribution in [0.2, 0.25) is 5.02 Å². The second kappa shape index (κ2) is 9.19. The summed E-state index contributed by atoms with van der Waals surface area (Å²) < 4.78 is 12.4. The van der Waals surface area contributed by atoms with Crippen molar-refractivity contribution in [3.8, 4) is 17.2 Å². The summed E-state index contributed by atoms with van der Waals surface area (Å²) in [7, 11) is 3.15. The minimum Gasteiger partial charge on any atom is -0.497 e. The zero-order chi connectivity index (χ0) is 21.0. The summed E-state index contributed by atoms with van der Waals surface area (Å²) >= 11 is 7.42. The zero-order valence-corrected chi connectivity index (χ0v) is 18.1. The number of nitrogens with one attached hydrogen (secondary N) is 1. The molecule has 1 heterocycles. The summed E-state index contributed by atoms with van der Waals surface area (Å²) in [5.74, 6) is 1.99. The molecule has 9 heteroatoms. The quantitative estimate of drug-likeness (QED) is 0.561. The summed E-state index contributed by atoms with van der Waals surface area (Å²) in [6, 6.07) is 11.0. The van der Waals surface area contributed by atoms with Crippen molar-refractivity contribution in [1.29, 1.82) is 0 Å². The number of rotatable bonds is 7. The van der Waals surface area contributed by atoms with Crippen molar-refractivity contribution in [1.82, 2.24) is 14.8 Å². The van der Waals surface area contributed by atoms with E-state index in [1.54, 1.807) is 19.2 Å². The van der Waals surface area contributed by atoms with E-state index in [1.807, 2.05) is 42.7 Å². The lowest BCUT2D eigenvalue weighted by Crippen LogP contribution is -2.15. The number of thioether (sulfide) groups is 1. The van der Waals surface area contributed by atoms with Crippen LogP contribution in [0.5, 0.6) is 11.5 Å². The minimum absolute atomic E-state index is 0.166. The van der Waals surface area contributed by atoms with Gasteiger partial charge in [0.05, 0.1) is 25.7 Å². The summed E-state index contributed by atoms with van der Waals surface area (Å²) in [6.45, 7) is 3.73. The summed E-state index contributed by atoms with van der Waals surface area (Å²) in [6.07, 6.45) is 0. The average molecular weight is 433 g/mol. The van der Waals surface area contributed by atoms with Crippen LogP contribution in [-0.2, 0) is 4.79 Å². The molecule has 2 aromatic carbocycles. The van der Waals surface area contributed by atoms with Gasteiger partial charge in [0.15, 0.2) is 5.16 Å². The molecular weight excluding hydrogens is 412 g/mol. The number of anilines is 1. The molecule has 0 saturated carbocycles. The number of halogens is 1. The van der Waals surface area contributed by atoms with Crippen LogP contribution in [0.15, 0.2) is 41.6 Å². The molecule has 1 N–H and O–H groups in total. The molecule has 7 nitrogen and oxygen atoms in total. The van der Waals surface area contributed by atoms with Crippen LogP contribution in [0.3, 0.4) is 0 Å². The smallest absolute Gasteiger partial charge is 0.234 e. The number of ether oxygens (including phenoxy) is 2.